The molecule has 20 heavy (non-hydrogen) atoms. The molecule has 2 heterocycles. The molecule has 4 heteroatoms. The first kappa shape index (κ1) is 16.2. The minimum absolute atomic E-state index is 0.109. The number of piperidine rings is 1. The summed E-state index contributed by atoms with van der Waals surface area (Å²) in [6.45, 7) is 12.1. The molecule has 4 nitrogen and oxygen atoms in total. The molecular formula is C16H33N3O. The minimum Gasteiger partial charge on any atom is -0.368 e. The molecule has 0 bridgehead atoms. The molecule has 0 aromatic carbocycles. The highest BCUT2D eigenvalue weighted by molar-refractivity contribution is 5.05. The third-order valence-electron chi connectivity index (χ3n) is 5.32. The monoisotopic (exact) mass is 283 g/mol. The predicted molar refractivity (Wildman–Crippen MR) is 83.9 cm³/mol. The number of nitrogens with two attached hydrogens (primary N) is 1. The summed E-state index contributed by atoms with van der Waals surface area (Å²) in [5.41, 5.74) is 6.13. The second kappa shape index (κ2) is 5.56. The molecule has 0 aromatic heterocycles. The van der Waals surface area contributed by atoms with E-state index in [0.29, 0.717) is 12.0 Å². The number of likely N-dealkylation sites (tertiary alicyclic amines) is 1. The van der Waals surface area contributed by atoms with Crippen LogP contribution in [0, 0.1) is 5.92 Å². The maximum Gasteiger partial charge on any atom is 0.0788 e. The molecule has 118 valence electrons. The summed E-state index contributed by atoms with van der Waals surface area (Å²) in [6.07, 6.45) is 2.60. The van der Waals surface area contributed by atoms with Gasteiger partial charge < -0.3 is 20.3 Å². The van der Waals surface area contributed by atoms with Crippen molar-refractivity contribution in [3.05, 3.63) is 0 Å². The summed E-state index contributed by atoms with van der Waals surface area (Å²) in [4.78, 5) is 4.94. The first-order valence-corrected chi connectivity index (χ1v) is 7.98. The smallest absolute Gasteiger partial charge is 0.0788 e. The Hall–Kier alpha value is -0.160. The first-order valence-electron chi connectivity index (χ1n) is 7.98. The molecular weight excluding hydrogens is 250 g/mol. The molecule has 3 atom stereocenters. The molecule has 2 aliphatic heterocycles. The second-order valence-electron chi connectivity index (χ2n) is 7.96. The Morgan fingerprint density at radius 3 is 2.35 bits per heavy atom. The quantitative estimate of drug-likeness (QED) is 0.853. The summed E-state index contributed by atoms with van der Waals surface area (Å²) in [7, 11) is 4.37. The number of rotatable bonds is 3. The SMILES string of the molecule is CN(C)C1CCCN(CC2C(N)C(C)(C)OC2(C)C)C1. The molecule has 2 saturated heterocycles. The zero-order valence-electron chi connectivity index (χ0n) is 14.1. The van der Waals surface area contributed by atoms with Crippen LogP contribution in [0.4, 0.5) is 0 Å². The van der Waals surface area contributed by atoms with E-state index in [2.05, 4.69) is 51.6 Å². The van der Waals surface area contributed by atoms with Crippen molar-refractivity contribution in [2.45, 2.75) is 63.8 Å². The van der Waals surface area contributed by atoms with Gasteiger partial charge in [0.15, 0.2) is 0 Å². The van der Waals surface area contributed by atoms with Crippen LogP contribution in [0.25, 0.3) is 0 Å². The van der Waals surface area contributed by atoms with Gasteiger partial charge in [0, 0.05) is 31.1 Å². The Labute approximate surface area is 124 Å². The predicted octanol–water partition coefficient (Wildman–Crippen LogP) is 1.54. The van der Waals surface area contributed by atoms with E-state index in [1.165, 1.54) is 19.4 Å². The standard InChI is InChI=1S/C16H33N3O/c1-15(2)13(14(17)16(3,4)20-15)11-19-9-7-8-12(10-19)18(5)6/h12-14H,7-11,17H2,1-6H3. The fourth-order valence-electron chi connectivity index (χ4n) is 3.97. The van der Waals surface area contributed by atoms with Crippen molar-refractivity contribution >= 4 is 0 Å². The van der Waals surface area contributed by atoms with Gasteiger partial charge in [0.2, 0.25) is 0 Å². The van der Waals surface area contributed by atoms with Crippen LogP contribution >= 0.6 is 0 Å². The number of hydrogen-bond acceptors (Lipinski definition) is 4. The summed E-state index contributed by atoms with van der Waals surface area (Å²) in [5.74, 6) is 0.401. The van der Waals surface area contributed by atoms with Crippen molar-refractivity contribution in [3.63, 3.8) is 0 Å². The van der Waals surface area contributed by atoms with Gasteiger partial charge in [0.1, 0.15) is 0 Å². The second-order valence-corrected chi connectivity index (χ2v) is 7.96. The van der Waals surface area contributed by atoms with Crippen LogP contribution in [0.2, 0.25) is 0 Å². The minimum atomic E-state index is -0.217. The largest absolute Gasteiger partial charge is 0.368 e. The maximum atomic E-state index is 6.48. The lowest BCUT2D eigenvalue weighted by molar-refractivity contribution is -0.0791. The lowest BCUT2D eigenvalue weighted by atomic mass is 9.82. The van der Waals surface area contributed by atoms with Gasteiger partial charge in [0.05, 0.1) is 11.2 Å². The third-order valence-corrected chi connectivity index (χ3v) is 5.32. The van der Waals surface area contributed by atoms with Crippen LogP contribution in [-0.2, 0) is 4.74 Å². The van der Waals surface area contributed by atoms with Crippen molar-refractivity contribution in [3.8, 4) is 0 Å². The van der Waals surface area contributed by atoms with E-state index in [4.69, 9.17) is 10.5 Å². The van der Waals surface area contributed by atoms with Crippen molar-refractivity contribution in [1.82, 2.24) is 9.80 Å². The van der Waals surface area contributed by atoms with E-state index >= 15 is 0 Å². The Morgan fingerprint density at radius 2 is 1.85 bits per heavy atom. The average molecular weight is 283 g/mol. The fraction of sp³-hybridized carbons (Fsp3) is 1.00. The molecule has 2 fully saturated rings. The van der Waals surface area contributed by atoms with Gasteiger partial charge in [-0.1, -0.05) is 0 Å². The van der Waals surface area contributed by atoms with Crippen molar-refractivity contribution < 1.29 is 4.74 Å². The number of hydrogen-bond donors (Lipinski definition) is 1. The Morgan fingerprint density at radius 1 is 1.20 bits per heavy atom. The van der Waals surface area contributed by atoms with Gasteiger partial charge >= 0.3 is 0 Å². The van der Waals surface area contributed by atoms with Crippen LogP contribution in [0.3, 0.4) is 0 Å². The normalized spacial score (nSPS) is 37.5. The third kappa shape index (κ3) is 3.19. The van der Waals surface area contributed by atoms with E-state index in [0.717, 1.165) is 13.1 Å². The van der Waals surface area contributed by atoms with Gasteiger partial charge in [-0.3, -0.25) is 0 Å². The summed E-state index contributed by atoms with van der Waals surface area (Å²) in [5, 5.41) is 0. The molecule has 2 rings (SSSR count). The Bertz CT molecular complexity index is 341. The van der Waals surface area contributed by atoms with Crippen LogP contribution in [0.15, 0.2) is 0 Å². The lowest BCUT2D eigenvalue weighted by Crippen LogP contribution is -2.52. The Kier molecular flexibility index (Phi) is 4.51. The van der Waals surface area contributed by atoms with Crippen molar-refractivity contribution in [2.24, 2.45) is 11.7 Å². The van der Waals surface area contributed by atoms with E-state index < -0.39 is 0 Å². The first-order chi connectivity index (χ1) is 9.13. The molecule has 0 saturated carbocycles. The van der Waals surface area contributed by atoms with E-state index in [9.17, 15) is 0 Å². The molecule has 0 aliphatic carbocycles. The zero-order valence-corrected chi connectivity index (χ0v) is 14.1. The molecule has 2 aliphatic rings. The van der Waals surface area contributed by atoms with Gasteiger partial charge in [-0.2, -0.15) is 0 Å². The fourth-order valence-corrected chi connectivity index (χ4v) is 3.97. The van der Waals surface area contributed by atoms with Gasteiger partial charge in [0.25, 0.3) is 0 Å². The zero-order chi connectivity index (χ0) is 15.1. The highest BCUT2D eigenvalue weighted by atomic mass is 16.5. The topological polar surface area (TPSA) is 41.7 Å². The molecule has 0 radical (unpaired) electrons. The van der Waals surface area contributed by atoms with Crippen LogP contribution in [-0.4, -0.2) is 66.8 Å². The van der Waals surface area contributed by atoms with E-state index in [-0.39, 0.29) is 17.2 Å². The molecule has 0 spiro atoms. The van der Waals surface area contributed by atoms with Crippen molar-refractivity contribution in [2.75, 3.05) is 33.7 Å². The molecule has 3 unspecified atom stereocenters. The highest BCUT2D eigenvalue weighted by Crippen LogP contribution is 2.41. The number of ether oxygens (including phenoxy) is 1. The van der Waals surface area contributed by atoms with Crippen LogP contribution < -0.4 is 5.73 Å². The molecule has 2 N–H and O–H groups in total. The van der Waals surface area contributed by atoms with E-state index in [1.54, 1.807) is 0 Å². The maximum absolute atomic E-state index is 6.48. The van der Waals surface area contributed by atoms with E-state index in [1.807, 2.05) is 0 Å². The summed E-state index contributed by atoms with van der Waals surface area (Å²) in [6, 6.07) is 0.788. The summed E-state index contributed by atoms with van der Waals surface area (Å²) >= 11 is 0. The van der Waals surface area contributed by atoms with Gasteiger partial charge in [-0.25, -0.2) is 0 Å². The van der Waals surface area contributed by atoms with Crippen molar-refractivity contribution in [1.29, 1.82) is 0 Å². The number of nitrogens with zero attached hydrogens (tertiary/aromatic N) is 2. The van der Waals surface area contributed by atoms with Gasteiger partial charge in [-0.15, -0.1) is 0 Å². The molecule has 0 amide bonds. The molecule has 0 aromatic rings. The lowest BCUT2D eigenvalue weighted by Gasteiger charge is -2.39. The van der Waals surface area contributed by atoms with Crippen LogP contribution in [0.1, 0.15) is 40.5 Å². The average Bonchev–Trinajstić information content (AvgIpc) is 2.48. The summed E-state index contributed by atoms with van der Waals surface area (Å²) < 4.78 is 6.21. The van der Waals surface area contributed by atoms with Gasteiger partial charge in [-0.05, 0) is 61.2 Å². The number of likely N-dealkylation sites (N-methyl/N-ethyl adjacent to an activating group) is 1. The highest BCUT2D eigenvalue weighted by Gasteiger charge is 2.52. The van der Waals surface area contributed by atoms with Crippen LogP contribution in [0.5, 0.6) is 0 Å². The Balaban J connectivity index is 2.02.